The number of carbonyl (C=O) groups excluding carboxylic acids is 4. The molecule has 6 aliphatic rings. The summed E-state index contributed by atoms with van der Waals surface area (Å²) in [7, 11) is 2.69. The van der Waals surface area contributed by atoms with Gasteiger partial charge in [0.25, 0.3) is 0 Å². The molecule has 12 nitrogen and oxygen atoms in total. The number of nitrogens with one attached hydrogen (secondary N) is 2. The van der Waals surface area contributed by atoms with Crippen molar-refractivity contribution >= 4 is 46.7 Å². The van der Waals surface area contributed by atoms with E-state index in [2.05, 4.69) is 79.1 Å². The third-order valence-electron chi connectivity index (χ3n) is 16.1. The van der Waals surface area contributed by atoms with Gasteiger partial charge in [-0.2, -0.15) is 0 Å². The van der Waals surface area contributed by atoms with Gasteiger partial charge in [-0.25, -0.2) is 4.79 Å². The van der Waals surface area contributed by atoms with E-state index in [1.807, 2.05) is 43.7 Å². The number of hydrogen-bond donors (Lipinski definition) is 2. The van der Waals surface area contributed by atoms with Crippen LogP contribution in [-0.2, 0) is 42.2 Å². The molecule has 1 saturated carbocycles. The van der Waals surface area contributed by atoms with Crippen LogP contribution in [0.15, 0.2) is 70.8 Å². The Hall–Kier alpha value is -5.78. The number of carbonyl (C=O) groups is 4. The van der Waals surface area contributed by atoms with Gasteiger partial charge in [0.1, 0.15) is 11.9 Å². The van der Waals surface area contributed by atoms with Crippen molar-refractivity contribution in [1.29, 1.82) is 0 Å². The average Bonchev–Trinajstić information content (AvgIpc) is 4.19. The van der Waals surface area contributed by atoms with Crippen molar-refractivity contribution in [3.63, 3.8) is 0 Å². The summed E-state index contributed by atoms with van der Waals surface area (Å²) < 4.78 is 9.81. The van der Waals surface area contributed by atoms with Crippen LogP contribution in [0.5, 0.6) is 0 Å². The topological polar surface area (TPSA) is 142 Å². The van der Waals surface area contributed by atoms with Gasteiger partial charge < -0.3 is 29.9 Å². The van der Waals surface area contributed by atoms with E-state index in [0.717, 1.165) is 72.5 Å². The summed E-state index contributed by atoms with van der Waals surface area (Å²) in [6, 6.07) is 19.5. The van der Waals surface area contributed by atoms with Crippen LogP contribution < -0.4 is 10.6 Å². The fourth-order valence-electron chi connectivity index (χ4n) is 12.3. The molecule has 12 heteroatoms. The second kappa shape index (κ2) is 19.0. The predicted octanol–water partition coefficient (Wildman–Crippen LogP) is 10.1. The monoisotopic (exact) mass is 923 g/mol. The van der Waals surface area contributed by atoms with Gasteiger partial charge in [0, 0.05) is 42.7 Å². The minimum atomic E-state index is -0.659. The molecule has 3 aromatic carbocycles. The molecule has 4 atom stereocenters. The highest BCUT2D eigenvalue weighted by Gasteiger charge is 2.44. The smallest absolute Gasteiger partial charge is 0.407 e. The van der Waals surface area contributed by atoms with Gasteiger partial charge >= 0.3 is 12.1 Å². The van der Waals surface area contributed by atoms with Crippen molar-refractivity contribution in [2.45, 2.75) is 142 Å². The Morgan fingerprint density at radius 3 is 2.01 bits per heavy atom. The Balaban J connectivity index is 0.949. The van der Waals surface area contributed by atoms with E-state index in [4.69, 9.17) is 19.5 Å². The SMILES string of the molecule is COC(=O)C[C@H](C(=O)N1CCC[C@H]1C1=NC(C)(C)c2ccc(-c3ccc(-c4ccc(C5=CN=C([C@@H]6CCCN6C(=O)[C@@H](NC(=O)OC)C(C)C)C5)cc4)c4c3CC3(CCCC3)C4)cc2N1)C(C)C. The third kappa shape index (κ3) is 9.00. The largest absolute Gasteiger partial charge is 0.469 e. The molecule has 0 bridgehead atoms. The fraction of sp³-hybridized carbons (Fsp3) is 0.536. The summed E-state index contributed by atoms with van der Waals surface area (Å²) in [6.07, 6.45) is 12.8. The number of ether oxygens (including phenoxy) is 2. The van der Waals surface area contributed by atoms with Gasteiger partial charge in [-0.15, -0.1) is 0 Å². The van der Waals surface area contributed by atoms with Crippen molar-refractivity contribution in [3.8, 4) is 22.3 Å². The first-order chi connectivity index (χ1) is 32.6. The van der Waals surface area contributed by atoms with E-state index in [0.29, 0.717) is 24.9 Å². The van der Waals surface area contributed by atoms with Crippen LogP contribution in [0.4, 0.5) is 10.5 Å². The lowest BCUT2D eigenvalue weighted by Gasteiger charge is -2.36. The summed E-state index contributed by atoms with van der Waals surface area (Å²) >= 11 is 0. The summed E-state index contributed by atoms with van der Waals surface area (Å²) in [5.74, 6) is -0.173. The van der Waals surface area contributed by atoms with E-state index in [1.54, 1.807) is 0 Å². The zero-order valence-corrected chi connectivity index (χ0v) is 41.4. The molecule has 1 spiro atoms. The molecule has 3 amide bonds. The standard InChI is InChI=1S/C56H70N6O6/c1-33(2)41(29-49(63)67-7)52(64)62-26-12-14-48(62)51-58-45-27-37(19-22-44(45)55(5,6)60-51)40-21-20-39(42-30-56(31-43(40)42)23-9-10-24-56)36-17-15-35(16-18-36)38-28-46(57-32-38)47-13-11-25-61(47)53(65)50(34(3)4)59-54(66)68-8/h15-22,27,32-34,41,47-48,50H,9-14,23-26,28-31H2,1-8H3,(H,58,60)(H,59,66)/t41-,47-,48-,50-/m0/s1. The average molecular weight is 923 g/mol. The number of amides is 3. The van der Waals surface area contributed by atoms with Crippen LogP contribution in [0.2, 0.25) is 0 Å². The van der Waals surface area contributed by atoms with Crippen molar-refractivity contribution in [2.24, 2.45) is 33.2 Å². The van der Waals surface area contributed by atoms with Crippen LogP contribution in [-0.4, -0.2) is 90.7 Å². The molecule has 4 aliphatic heterocycles. The number of rotatable bonds is 12. The lowest BCUT2D eigenvalue weighted by atomic mass is 9.82. The molecule has 9 rings (SSSR count). The number of methoxy groups -OCH3 is 2. The fourth-order valence-corrected chi connectivity index (χ4v) is 12.3. The highest BCUT2D eigenvalue weighted by atomic mass is 16.5. The van der Waals surface area contributed by atoms with E-state index < -0.39 is 23.6 Å². The predicted molar refractivity (Wildman–Crippen MR) is 268 cm³/mol. The van der Waals surface area contributed by atoms with Crippen molar-refractivity contribution in [3.05, 3.63) is 83.1 Å². The Morgan fingerprint density at radius 1 is 0.765 bits per heavy atom. The lowest BCUT2D eigenvalue weighted by Crippen LogP contribution is -2.53. The van der Waals surface area contributed by atoms with Gasteiger partial charge in [-0.1, -0.05) is 89.1 Å². The molecule has 4 heterocycles. The Bertz CT molecular complexity index is 2570. The molecule has 68 heavy (non-hydrogen) atoms. The first kappa shape index (κ1) is 47.3. The zero-order chi connectivity index (χ0) is 48.1. The number of amidine groups is 1. The Morgan fingerprint density at radius 2 is 1.38 bits per heavy atom. The van der Waals surface area contributed by atoms with E-state index in [1.165, 1.54) is 73.3 Å². The molecule has 3 fully saturated rings. The molecule has 0 radical (unpaired) electrons. The molecule has 0 aromatic heterocycles. The molecule has 0 unspecified atom stereocenters. The molecule has 2 aliphatic carbocycles. The highest BCUT2D eigenvalue weighted by molar-refractivity contribution is 6.05. The molecule has 360 valence electrons. The number of esters is 1. The minimum Gasteiger partial charge on any atom is -0.469 e. The van der Waals surface area contributed by atoms with Crippen molar-refractivity contribution in [2.75, 3.05) is 32.6 Å². The first-order valence-corrected chi connectivity index (χ1v) is 25.2. The maximum absolute atomic E-state index is 14.1. The van der Waals surface area contributed by atoms with Gasteiger partial charge in [0.05, 0.1) is 44.2 Å². The van der Waals surface area contributed by atoms with Gasteiger partial charge in [0.2, 0.25) is 11.8 Å². The number of nitrogens with zero attached hydrogens (tertiary/aromatic N) is 4. The second-order valence-corrected chi connectivity index (χ2v) is 21.5. The van der Waals surface area contributed by atoms with Gasteiger partial charge in [-0.3, -0.25) is 24.4 Å². The second-order valence-electron chi connectivity index (χ2n) is 21.5. The maximum atomic E-state index is 14.1. The zero-order valence-electron chi connectivity index (χ0n) is 41.4. The molecular formula is C56H70N6O6. The van der Waals surface area contributed by atoms with E-state index >= 15 is 0 Å². The summed E-state index contributed by atoms with van der Waals surface area (Å²) in [6.45, 7) is 13.5. The Kier molecular flexibility index (Phi) is 13.2. The molecule has 2 saturated heterocycles. The van der Waals surface area contributed by atoms with Crippen LogP contribution in [0.3, 0.4) is 0 Å². The number of hydrogen-bond acceptors (Lipinski definition) is 9. The molecule has 2 N–H and O–H groups in total. The maximum Gasteiger partial charge on any atom is 0.407 e. The van der Waals surface area contributed by atoms with Gasteiger partial charge in [0.15, 0.2) is 0 Å². The summed E-state index contributed by atoms with van der Waals surface area (Å²) in [4.78, 5) is 66.4. The number of fused-ring (bicyclic) bond motifs is 2. The quantitative estimate of drug-likeness (QED) is 0.172. The third-order valence-corrected chi connectivity index (χ3v) is 16.1. The number of allylic oxidation sites excluding steroid dienone is 1. The number of likely N-dealkylation sites (tertiary alicyclic amines) is 2. The van der Waals surface area contributed by atoms with Crippen molar-refractivity contribution in [1.82, 2.24) is 15.1 Å². The lowest BCUT2D eigenvalue weighted by molar-refractivity contribution is -0.148. The highest BCUT2D eigenvalue weighted by Crippen LogP contribution is 2.53. The molecular weight excluding hydrogens is 853 g/mol. The number of anilines is 1. The number of alkyl carbamates (subject to hydrolysis) is 1. The number of aliphatic imine (C=N–C) groups is 2. The number of benzene rings is 3. The van der Waals surface area contributed by atoms with Gasteiger partial charge in [-0.05, 0) is 133 Å². The summed E-state index contributed by atoms with van der Waals surface area (Å²) in [5, 5.41) is 6.50. The normalized spacial score (nSPS) is 22.1. The van der Waals surface area contributed by atoms with Crippen LogP contribution in [0, 0.1) is 23.2 Å². The van der Waals surface area contributed by atoms with Crippen LogP contribution >= 0.6 is 0 Å². The summed E-state index contributed by atoms with van der Waals surface area (Å²) in [5.41, 5.74) is 13.2. The first-order valence-electron chi connectivity index (χ1n) is 25.2. The van der Waals surface area contributed by atoms with E-state index in [-0.39, 0.29) is 48.1 Å². The molecule has 3 aromatic rings. The minimum absolute atomic E-state index is 0.00329. The Labute approximate surface area is 402 Å². The van der Waals surface area contributed by atoms with E-state index in [9.17, 15) is 19.2 Å². The van der Waals surface area contributed by atoms with Crippen LogP contribution in [0.25, 0.3) is 27.8 Å². The van der Waals surface area contributed by atoms with Crippen LogP contribution in [0.1, 0.15) is 128 Å². The van der Waals surface area contributed by atoms with Crippen molar-refractivity contribution < 1.29 is 28.7 Å².